The van der Waals surface area contributed by atoms with Gasteiger partial charge in [-0.15, -0.1) is 0 Å². The summed E-state index contributed by atoms with van der Waals surface area (Å²) in [6, 6.07) is 12.4. The number of thiazole rings is 1. The Balaban J connectivity index is 1.33. The zero-order valence-electron chi connectivity index (χ0n) is 24.9. The molecule has 0 bridgehead atoms. The van der Waals surface area contributed by atoms with Crippen LogP contribution in [0.25, 0.3) is 21.8 Å². The predicted octanol–water partition coefficient (Wildman–Crippen LogP) is 6.81. The van der Waals surface area contributed by atoms with Crippen LogP contribution < -0.4 is 24.8 Å². The summed E-state index contributed by atoms with van der Waals surface area (Å²) in [7, 11) is 3.23. The molecule has 3 heterocycles. The molecule has 0 amide bonds. The van der Waals surface area contributed by atoms with Crippen molar-refractivity contribution in [2.75, 3.05) is 63.0 Å². The Kier molecular flexibility index (Phi) is 10.6. The number of nitrogens with zero attached hydrogens (tertiary/aromatic N) is 4. The highest BCUT2D eigenvalue weighted by atomic mass is 32.2. The van der Waals surface area contributed by atoms with Crippen LogP contribution in [0.3, 0.4) is 0 Å². The number of halogens is 1. The van der Waals surface area contributed by atoms with E-state index in [0.717, 1.165) is 66.0 Å². The topological polar surface area (TPSA) is 93.7 Å². The van der Waals surface area contributed by atoms with Crippen LogP contribution in [0.5, 0.6) is 17.2 Å². The average Bonchev–Trinajstić information content (AvgIpc) is 3.46. The molecular formula is C31H37FN6O3S2. The van der Waals surface area contributed by atoms with Gasteiger partial charge in [0.25, 0.3) is 0 Å². The molecule has 2 N–H and O–H groups in total. The Morgan fingerprint density at radius 3 is 2.49 bits per heavy atom. The summed E-state index contributed by atoms with van der Waals surface area (Å²) in [5, 5.41) is 7.21. The minimum atomic E-state index is -0.419. The van der Waals surface area contributed by atoms with Gasteiger partial charge in [-0.05, 0) is 56.4 Å². The van der Waals surface area contributed by atoms with Crippen LogP contribution >= 0.6 is 23.1 Å². The van der Waals surface area contributed by atoms with Gasteiger partial charge in [-0.25, -0.2) is 19.3 Å². The minimum absolute atomic E-state index is 0.0177. The zero-order chi connectivity index (χ0) is 30.2. The molecule has 0 atom stereocenters. The lowest BCUT2D eigenvalue weighted by Gasteiger charge is -2.32. The van der Waals surface area contributed by atoms with Gasteiger partial charge in [0.05, 0.1) is 30.5 Å². The molecule has 0 unspecified atom stereocenters. The van der Waals surface area contributed by atoms with Crippen molar-refractivity contribution < 1.29 is 18.6 Å². The number of nitrogens with one attached hydrogen (secondary N) is 2. The monoisotopic (exact) mass is 624 g/mol. The highest BCUT2D eigenvalue weighted by Gasteiger charge is 2.22. The van der Waals surface area contributed by atoms with Gasteiger partial charge in [0.15, 0.2) is 16.7 Å². The van der Waals surface area contributed by atoms with Crippen LogP contribution in [-0.2, 0) is 0 Å². The Morgan fingerprint density at radius 2 is 1.81 bits per heavy atom. The first-order chi connectivity index (χ1) is 21.0. The quantitative estimate of drug-likeness (QED) is 0.165. The summed E-state index contributed by atoms with van der Waals surface area (Å²) in [6.07, 6.45) is 5.61. The third-order valence-electron chi connectivity index (χ3n) is 7.10. The van der Waals surface area contributed by atoms with E-state index in [2.05, 4.69) is 26.8 Å². The SMILES string of the molecule is CCNc1nc(-c2cc(OC)cc(OC)c2)c(-c2ccnc(Nc3ccc(OC4CCN(CCSC)CC4)c(F)c3)n2)s1. The molecule has 12 heteroatoms. The van der Waals surface area contributed by atoms with Crippen molar-refractivity contribution in [1.82, 2.24) is 19.9 Å². The first kappa shape index (κ1) is 30.8. The third-order valence-corrected chi connectivity index (χ3v) is 8.72. The van der Waals surface area contributed by atoms with Crippen molar-refractivity contribution >= 4 is 39.9 Å². The molecular weight excluding hydrogens is 588 g/mol. The van der Waals surface area contributed by atoms with E-state index in [-0.39, 0.29) is 11.9 Å². The zero-order valence-corrected chi connectivity index (χ0v) is 26.5. The summed E-state index contributed by atoms with van der Waals surface area (Å²) >= 11 is 3.35. The molecule has 2 aromatic carbocycles. The Bertz CT molecular complexity index is 1490. The summed E-state index contributed by atoms with van der Waals surface area (Å²) < 4.78 is 32.1. The number of hydrogen-bond donors (Lipinski definition) is 2. The number of anilines is 3. The maximum absolute atomic E-state index is 15.1. The van der Waals surface area contributed by atoms with Crippen molar-refractivity contribution in [1.29, 1.82) is 0 Å². The van der Waals surface area contributed by atoms with Crippen molar-refractivity contribution in [3.63, 3.8) is 0 Å². The summed E-state index contributed by atoms with van der Waals surface area (Å²) in [4.78, 5) is 17.3. The van der Waals surface area contributed by atoms with Gasteiger partial charge in [0, 0.05) is 61.5 Å². The highest BCUT2D eigenvalue weighted by Crippen LogP contribution is 2.41. The van der Waals surface area contributed by atoms with Gasteiger partial charge in [-0.2, -0.15) is 11.8 Å². The van der Waals surface area contributed by atoms with Gasteiger partial charge in [-0.1, -0.05) is 11.3 Å². The van der Waals surface area contributed by atoms with Crippen LogP contribution in [0.4, 0.5) is 21.2 Å². The second kappa shape index (κ2) is 14.7. The van der Waals surface area contributed by atoms with E-state index < -0.39 is 5.82 Å². The number of ether oxygens (including phenoxy) is 3. The second-order valence-electron chi connectivity index (χ2n) is 10.0. The highest BCUT2D eigenvalue weighted by molar-refractivity contribution is 7.98. The van der Waals surface area contributed by atoms with Crippen LogP contribution in [0.2, 0.25) is 0 Å². The lowest BCUT2D eigenvalue weighted by molar-refractivity contribution is 0.101. The maximum atomic E-state index is 15.1. The molecule has 2 aromatic heterocycles. The van der Waals surface area contributed by atoms with E-state index in [9.17, 15) is 0 Å². The second-order valence-corrected chi connectivity index (χ2v) is 12.0. The molecule has 1 fully saturated rings. The number of rotatable bonds is 13. The average molecular weight is 625 g/mol. The molecule has 43 heavy (non-hydrogen) atoms. The first-order valence-electron chi connectivity index (χ1n) is 14.3. The molecule has 1 aliphatic rings. The smallest absolute Gasteiger partial charge is 0.227 e. The molecule has 0 saturated carbocycles. The largest absolute Gasteiger partial charge is 0.497 e. The van der Waals surface area contributed by atoms with E-state index in [4.69, 9.17) is 24.2 Å². The number of hydrogen-bond acceptors (Lipinski definition) is 11. The fourth-order valence-corrected chi connectivity index (χ4v) is 6.33. The lowest BCUT2D eigenvalue weighted by Crippen LogP contribution is -2.39. The predicted molar refractivity (Wildman–Crippen MR) is 174 cm³/mol. The number of likely N-dealkylation sites (tertiary alicyclic amines) is 1. The molecule has 0 spiro atoms. The molecule has 9 nitrogen and oxygen atoms in total. The van der Waals surface area contributed by atoms with Crippen molar-refractivity contribution in [3.8, 4) is 39.1 Å². The summed E-state index contributed by atoms with van der Waals surface area (Å²) in [6.45, 7) is 5.79. The third kappa shape index (κ3) is 7.87. The fraction of sp³-hybridized carbons (Fsp3) is 0.387. The Hall–Kier alpha value is -3.61. The Labute approximate surface area is 260 Å². The van der Waals surface area contributed by atoms with Gasteiger partial charge in [0.2, 0.25) is 5.95 Å². The van der Waals surface area contributed by atoms with Crippen LogP contribution in [0.15, 0.2) is 48.7 Å². The van der Waals surface area contributed by atoms with E-state index >= 15 is 4.39 Å². The standard InChI is InChI=1S/C31H37FN6O3S2/c1-5-33-31-37-28(20-16-23(39-2)19-24(17-20)40-3)29(43-31)26-8-11-34-30(36-26)35-21-6-7-27(25(32)18-21)41-22-9-12-38(13-10-22)14-15-42-4/h6-8,11,16-19,22H,5,9-10,12-15H2,1-4H3,(H,33,37)(H,34,35,36). The van der Waals surface area contributed by atoms with Crippen molar-refractivity contribution in [3.05, 3.63) is 54.5 Å². The fourth-order valence-electron chi connectivity index (χ4n) is 4.86. The normalized spacial score (nSPS) is 14.0. The van der Waals surface area contributed by atoms with E-state index in [1.165, 1.54) is 17.4 Å². The van der Waals surface area contributed by atoms with Crippen LogP contribution in [0, 0.1) is 5.82 Å². The lowest BCUT2D eigenvalue weighted by atomic mass is 10.1. The number of methoxy groups -OCH3 is 2. The number of thioether (sulfide) groups is 1. The molecule has 5 rings (SSSR count). The van der Waals surface area contributed by atoms with Gasteiger partial charge < -0.3 is 29.7 Å². The van der Waals surface area contributed by atoms with Crippen LogP contribution in [0.1, 0.15) is 19.8 Å². The van der Waals surface area contributed by atoms with E-state index in [1.807, 2.05) is 43.0 Å². The van der Waals surface area contributed by atoms with Crippen molar-refractivity contribution in [2.24, 2.45) is 0 Å². The summed E-state index contributed by atoms with van der Waals surface area (Å²) in [5.74, 6) is 2.64. The molecule has 0 radical (unpaired) electrons. The Morgan fingerprint density at radius 1 is 1.05 bits per heavy atom. The number of piperidine rings is 1. The summed E-state index contributed by atoms with van der Waals surface area (Å²) in [5.41, 5.74) is 2.79. The number of aromatic nitrogens is 3. The maximum Gasteiger partial charge on any atom is 0.227 e. The molecule has 1 aliphatic heterocycles. The van der Waals surface area contributed by atoms with E-state index in [1.54, 1.807) is 32.5 Å². The molecule has 4 aromatic rings. The molecule has 1 saturated heterocycles. The van der Waals surface area contributed by atoms with E-state index in [0.29, 0.717) is 28.8 Å². The molecule has 0 aliphatic carbocycles. The minimum Gasteiger partial charge on any atom is -0.497 e. The van der Waals surface area contributed by atoms with Gasteiger partial charge in [0.1, 0.15) is 17.6 Å². The van der Waals surface area contributed by atoms with Crippen LogP contribution in [-0.4, -0.2) is 78.4 Å². The molecule has 228 valence electrons. The van der Waals surface area contributed by atoms with Gasteiger partial charge >= 0.3 is 0 Å². The van der Waals surface area contributed by atoms with Crippen molar-refractivity contribution in [2.45, 2.75) is 25.9 Å². The van der Waals surface area contributed by atoms with Gasteiger partial charge in [-0.3, -0.25) is 0 Å². The number of benzene rings is 2. The first-order valence-corrected chi connectivity index (χ1v) is 16.5.